The Hall–Kier alpha value is 0.558. The van der Waals surface area contributed by atoms with Crippen molar-refractivity contribution < 1.29 is 0 Å². The van der Waals surface area contributed by atoms with Crippen molar-refractivity contribution in [2.45, 2.75) is 39.0 Å². The van der Waals surface area contributed by atoms with Gasteiger partial charge in [0.05, 0.1) is 0 Å². The first-order chi connectivity index (χ1) is 4.41. The minimum atomic E-state index is 1.28. The van der Waals surface area contributed by atoms with Gasteiger partial charge in [-0.05, 0) is 0 Å². The molecule has 0 aliphatic carbocycles. The quantitative estimate of drug-likeness (QED) is 0.505. The van der Waals surface area contributed by atoms with Gasteiger partial charge in [0.1, 0.15) is 0 Å². The van der Waals surface area contributed by atoms with E-state index in [1.807, 2.05) is 0 Å². The second-order valence-electron chi connectivity index (χ2n) is 2.28. The fourth-order valence-corrected chi connectivity index (χ4v) is 1.33. The molecule has 0 saturated carbocycles. The summed E-state index contributed by atoms with van der Waals surface area (Å²) in [6.45, 7) is 2.25. The zero-order valence-electron chi connectivity index (χ0n) is 6.27. The number of hydrogen-bond donors (Lipinski definition) is 0. The summed E-state index contributed by atoms with van der Waals surface area (Å²) in [6, 6.07) is 0. The van der Waals surface area contributed by atoms with Gasteiger partial charge in [-0.3, -0.25) is 0 Å². The van der Waals surface area contributed by atoms with Gasteiger partial charge in [-0.25, -0.2) is 0 Å². The fraction of sp³-hybridized carbons (Fsp3) is 0.750. The van der Waals surface area contributed by atoms with Crippen LogP contribution in [0.2, 0.25) is 0 Å². The van der Waals surface area contributed by atoms with Gasteiger partial charge in [-0.1, -0.05) is 0 Å². The molecule has 0 saturated heterocycles. The van der Waals surface area contributed by atoms with E-state index in [2.05, 4.69) is 17.0 Å². The van der Waals surface area contributed by atoms with Gasteiger partial charge in [0.2, 0.25) is 0 Å². The molecule has 0 amide bonds. The number of rotatable bonds is 5. The molecule has 54 valence electrons. The molecule has 0 heterocycles. The van der Waals surface area contributed by atoms with Crippen LogP contribution >= 0.6 is 0 Å². The zero-order valence-corrected chi connectivity index (χ0v) is 9.56. The molecule has 1 heteroatoms. The van der Waals surface area contributed by atoms with Crippen LogP contribution in [-0.2, 0) is 0 Å². The number of allylic oxidation sites excluding steroid dienone is 1. The first-order valence-corrected chi connectivity index (χ1v) is 5.68. The molecule has 0 aliphatic rings. The molecule has 0 N–H and O–H groups in total. The van der Waals surface area contributed by atoms with Crippen molar-refractivity contribution in [2.75, 3.05) is 0 Å². The third-order valence-corrected chi connectivity index (χ3v) is 2.14. The van der Waals surface area contributed by atoms with Crippen molar-refractivity contribution in [3.63, 3.8) is 0 Å². The predicted molar refractivity (Wildman–Crippen MR) is 46.4 cm³/mol. The van der Waals surface area contributed by atoms with E-state index in [9.17, 15) is 0 Å². The van der Waals surface area contributed by atoms with E-state index in [1.165, 1.54) is 55.1 Å². The molecule has 9 heavy (non-hydrogen) atoms. The number of unbranched alkanes of at least 4 members (excludes halogenated alkanes) is 4. The second kappa shape index (κ2) is 8.56. The van der Waals surface area contributed by atoms with Gasteiger partial charge in [0, 0.05) is 0 Å². The Labute approximate surface area is 72.2 Å². The monoisotopic (exact) mass is 234 g/mol. The Bertz CT molecular complexity index is 67.0. The topological polar surface area (TPSA) is 0 Å². The Morgan fingerprint density at radius 3 is 2.56 bits per heavy atom. The minimum absolute atomic E-state index is 1.28. The van der Waals surface area contributed by atoms with E-state index >= 15 is 0 Å². The third kappa shape index (κ3) is 8.56. The van der Waals surface area contributed by atoms with Gasteiger partial charge in [0.15, 0.2) is 0 Å². The van der Waals surface area contributed by atoms with Crippen LogP contribution in [0, 0.1) is 0 Å². The van der Waals surface area contributed by atoms with E-state index < -0.39 is 0 Å². The molecule has 0 atom stereocenters. The van der Waals surface area contributed by atoms with Gasteiger partial charge >= 0.3 is 72.1 Å². The summed E-state index contributed by atoms with van der Waals surface area (Å²) in [7, 11) is 0. The van der Waals surface area contributed by atoms with Crippen LogP contribution in [0.15, 0.2) is 10.1 Å². The molecule has 0 rings (SSSR count). The summed E-state index contributed by atoms with van der Waals surface area (Å²) >= 11 is 1.28. The van der Waals surface area contributed by atoms with Crippen LogP contribution < -0.4 is 0 Å². The van der Waals surface area contributed by atoms with E-state index in [-0.39, 0.29) is 0 Å². The average Bonchev–Trinajstić information content (AvgIpc) is 1.89. The van der Waals surface area contributed by atoms with Gasteiger partial charge in [-0.2, -0.15) is 0 Å². The zero-order chi connectivity index (χ0) is 6.95. The number of hydrogen-bond acceptors (Lipinski definition) is 0. The summed E-state index contributed by atoms with van der Waals surface area (Å²) in [6.07, 6.45) is 9.18. The third-order valence-electron chi connectivity index (χ3n) is 1.36. The molecule has 0 aliphatic heterocycles. The summed E-state index contributed by atoms with van der Waals surface area (Å²) < 4.78 is 2.26. The van der Waals surface area contributed by atoms with Crippen LogP contribution in [0.5, 0.6) is 0 Å². The van der Waals surface area contributed by atoms with Crippen molar-refractivity contribution in [1.29, 1.82) is 0 Å². The Morgan fingerprint density at radius 2 is 2.00 bits per heavy atom. The second-order valence-corrected chi connectivity index (χ2v) is 3.38. The first kappa shape index (κ1) is 9.56. The standard InChI is InChI=1S/C8H15.Sb.2H/c1-3-5-7-8-6-4-2;;;/h1,3H,4-8H2,2H3;;;. The van der Waals surface area contributed by atoms with Crippen LogP contribution in [0.3, 0.4) is 0 Å². The van der Waals surface area contributed by atoms with E-state index in [4.69, 9.17) is 0 Å². The normalized spacial score (nSPS) is 10.9. The first-order valence-electron chi connectivity index (χ1n) is 3.78. The molecule has 0 spiro atoms. The van der Waals surface area contributed by atoms with E-state index in [1.54, 1.807) is 0 Å². The van der Waals surface area contributed by atoms with Crippen molar-refractivity contribution >= 4 is 23.0 Å². The molecule has 0 aromatic rings. The van der Waals surface area contributed by atoms with Gasteiger partial charge < -0.3 is 0 Å². The summed E-state index contributed by atoms with van der Waals surface area (Å²) in [4.78, 5) is 0. The van der Waals surface area contributed by atoms with E-state index in [0.717, 1.165) is 0 Å². The van der Waals surface area contributed by atoms with Crippen molar-refractivity contribution in [3.8, 4) is 0 Å². The van der Waals surface area contributed by atoms with Crippen molar-refractivity contribution in [1.82, 2.24) is 0 Å². The molecule has 0 bridgehead atoms. The maximum atomic E-state index is 2.30. The molecular weight excluding hydrogens is 218 g/mol. The molecule has 0 aromatic carbocycles. The Balaban J connectivity index is 2.75. The molecule has 0 aromatic heterocycles. The van der Waals surface area contributed by atoms with Crippen LogP contribution in [-0.4, -0.2) is 23.0 Å². The van der Waals surface area contributed by atoms with Gasteiger partial charge in [-0.15, -0.1) is 0 Å². The summed E-state index contributed by atoms with van der Waals surface area (Å²) in [5, 5.41) is 0. The summed E-state index contributed by atoms with van der Waals surface area (Å²) in [5.74, 6) is 0. The van der Waals surface area contributed by atoms with Gasteiger partial charge in [0.25, 0.3) is 0 Å². The van der Waals surface area contributed by atoms with Crippen molar-refractivity contribution in [2.24, 2.45) is 0 Å². The predicted octanol–water partition coefficient (Wildman–Crippen LogP) is 2.10. The van der Waals surface area contributed by atoms with Crippen LogP contribution in [0.25, 0.3) is 0 Å². The fourth-order valence-electron chi connectivity index (χ4n) is 0.785. The molecule has 0 nitrogen and oxygen atoms in total. The molecule has 0 unspecified atom stereocenters. The molecule has 0 fully saturated rings. The van der Waals surface area contributed by atoms with Crippen LogP contribution in [0.4, 0.5) is 0 Å². The van der Waals surface area contributed by atoms with E-state index in [0.29, 0.717) is 0 Å². The van der Waals surface area contributed by atoms with Crippen molar-refractivity contribution in [3.05, 3.63) is 10.1 Å². The average molecular weight is 235 g/mol. The Kier molecular flexibility index (Phi) is 9.09. The SMILES string of the molecule is CCCCCCC=[CH][SbH2]. The summed E-state index contributed by atoms with van der Waals surface area (Å²) in [5.41, 5.74) is 0. The molecule has 0 radical (unpaired) electrons. The van der Waals surface area contributed by atoms with Crippen LogP contribution in [0.1, 0.15) is 39.0 Å². The molecular formula is C8H17Sb. The maximum absolute atomic E-state index is 2.30. The Morgan fingerprint density at radius 1 is 1.22 bits per heavy atom.